The zero-order valence-electron chi connectivity index (χ0n) is 13.4. The molecule has 0 atom stereocenters. The molecule has 21 heavy (non-hydrogen) atoms. The SMILES string of the molecule is CCNCc1cn(CCN(C)c2cc(C)cc(C)c2)nn1. The van der Waals surface area contributed by atoms with Gasteiger partial charge in [-0.3, -0.25) is 4.68 Å². The molecule has 0 saturated heterocycles. The molecule has 1 aromatic heterocycles. The van der Waals surface area contributed by atoms with Crippen molar-refractivity contribution in [2.24, 2.45) is 0 Å². The van der Waals surface area contributed by atoms with E-state index in [-0.39, 0.29) is 0 Å². The number of nitrogens with zero attached hydrogens (tertiary/aromatic N) is 4. The zero-order chi connectivity index (χ0) is 15.2. The van der Waals surface area contributed by atoms with Crippen molar-refractivity contribution in [1.82, 2.24) is 20.3 Å². The number of rotatable bonds is 7. The highest BCUT2D eigenvalue weighted by Crippen LogP contribution is 2.17. The summed E-state index contributed by atoms with van der Waals surface area (Å²) in [5, 5.41) is 11.6. The van der Waals surface area contributed by atoms with Gasteiger partial charge >= 0.3 is 0 Å². The van der Waals surface area contributed by atoms with Gasteiger partial charge in [-0.15, -0.1) is 5.10 Å². The molecule has 1 aromatic carbocycles. The van der Waals surface area contributed by atoms with E-state index in [2.05, 4.69) is 66.5 Å². The number of benzene rings is 1. The van der Waals surface area contributed by atoms with Crippen LogP contribution in [0.25, 0.3) is 0 Å². The van der Waals surface area contributed by atoms with Gasteiger partial charge in [0.15, 0.2) is 0 Å². The van der Waals surface area contributed by atoms with E-state index in [4.69, 9.17) is 0 Å². The summed E-state index contributed by atoms with van der Waals surface area (Å²) < 4.78 is 1.91. The normalized spacial score (nSPS) is 10.9. The Labute approximate surface area is 127 Å². The Kier molecular flexibility index (Phi) is 5.33. The Balaban J connectivity index is 1.91. The van der Waals surface area contributed by atoms with Crippen LogP contribution >= 0.6 is 0 Å². The lowest BCUT2D eigenvalue weighted by Crippen LogP contribution is -2.23. The number of aryl methyl sites for hydroxylation is 2. The Hall–Kier alpha value is -1.88. The van der Waals surface area contributed by atoms with Gasteiger partial charge in [-0.2, -0.15) is 0 Å². The lowest BCUT2D eigenvalue weighted by Gasteiger charge is -2.20. The fourth-order valence-electron chi connectivity index (χ4n) is 2.33. The lowest BCUT2D eigenvalue weighted by molar-refractivity contribution is 0.587. The van der Waals surface area contributed by atoms with Crippen molar-refractivity contribution in [1.29, 1.82) is 0 Å². The third-order valence-electron chi connectivity index (χ3n) is 3.45. The maximum absolute atomic E-state index is 4.17. The second-order valence-electron chi connectivity index (χ2n) is 5.52. The summed E-state index contributed by atoms with van der Waals surface area (Å²) in [5.41, 5.74) is 4.84. The molecule has 1 heterocycles. The van der Waals surface area contributed by atoms with E-state index in [1.54, 1.807) is 0 Å². The smallest absolute Gasteiger partial charge is 0.0964 e. The summed E-state index contributed by atoms with van der Waals surface area (Å²) >= 11 is 0. The minimum atomic E-state index is 0.781. The second kappa shape index (κ2) is 7.22. The molecule has 0 saturated carbocycles. The van der Waals surface area contributed by atoms with Crippen LogP contribution in [0.15, 0.2) is 24.4 Å². The summed E-state index contributed by atoms with van der Waals surface area (Å²) in [4.78, 5) is 2.26. The van der Waals surface area contributed by atoms with Crippen LogP contribution in [0.1, 0.15) is 23.7 Å². The van der Waals surface area contributed by atoms with Gasteiger partial charge in [0.1, 0.15) is 0 Å². The number of nitrogens with one attached hydrogen (secondary N) is 1. The van der Waals surface area contributed by atoms with Gasteiger partial charge in [-0.05, 0) is 43.7 Å². The third kappa shape index (κ3) is 4.56. The van der Waals surface area contributed by atoms with Gasteiger partial charge in [0.05, 0.1) is 12.2 Å². The molecule has 0 amide bonds. The van der Waals surface area contributed by atoms with Crippen molar-refractivity contribution in [2.75, 3.05) is 25.0 Å². The molecular weight excluding hydrogens is 262 g/mol. The minimum Gasteiger partial charge on any atom is -0.373 e. The van der Waals surface area contributed by atoms with Gasteiger partial charge in [0, 0.05) is 32.0 Å². The quantitative estimate of drug-likeness (QED) is 0.847. The number of likely N-dealkylation sites (N-methyl/N-ethyl adjacent to an activating group) is 1. The van der Waals surface area contributed by atoms with E-state index in [0.29, 0.717) is 0 Å². The molecule has 2 aromatic rings. The number of hydrogen-bond acceptors (Lipinski definition) is 4. The highest BCUT2D eigenvalue weighted by molar-refractivity contribution is 5.50. The molecule has 5 nitrogen and oxygen atoms in total. The summed E-state index contributed by atoms with van der Waals surface area (Å²) in [6, 6.07) is 6.62. The van der Waals surface area contributed by atoms with Gasteiger partial charge in [-0.1, -0.05) is 18.2 Å². The first-order valence-electron chi connectivity index (χ1n) is 7.47. The van der Waals surface area contributed by atoms with Crippen LogP contribution in [-0.4, -0.2) is 35.1 Å². The highest BCUT2D eigenvalue weighted by atomic mass is 15.4. The van der Waals surface area contributed by atoms with Gasteiger partial charge in [0.2, 0.25) is 0 Å². The summed E-state index contributed by atoms with van der Waals surface area (Å²) in [6.45, 7) is 9.83. The lowest BCUT2D eigenvalue weighted by atomic mass is 10.1. The van der Waals surface area contributed by atoms with Crippen LogP contribution in [0.3, 0.4) is 0 Å². The Bertz CT molecular complexity index is 556. The molecule has 1 N–H and O–H groups in total. The Morgan fingerprint density at radius 2 is 1.90 bits per heavy atom. The summed E-state index contributed by atoms with van der Waals surface area (Å²) in [7, 11) is 2.12. The molecule has 0 bridgehead atoms. The average Bonchev–Trinajstić information content (AvgIpc) is 2.89. The molecule has 0 aliphatic rings. The van der Waals surface area contributed by atoms with Crippen LogP contribution in [0.2, 0.25) is 0 Å². The number of hydrogen-bond donors (Lipinski definition) is 1. The predicted octanol–water partition coefficient (Wildman–Crippen LogP) is 2.14. The van der Waals surface area contributed by atoms with E-state index >= 15 is 0 Å². The molecule has 114 valence electrons. The molecule has 0 aliphatic heterocycles. The van der Waals surface area contributed by atoms with Gasteiger partial charge < -0.3 is 10.2 Å². The van der Waals surface area contributed by atoms with Crippen molar-refractivity contribution in [2.45, 2.75) is 33.9 Å². The van der Waals surface area contributed by atoms with E-state index in [1.165, 1.54) is 16.8 Å². The molecule has 0 unspecified atom stereocenters. The maximum Gasteiger partial charge on any atom is 0.0964 e. The standard InChI is InChI=1S/C16H25N5/c1-5-17-11-15-12-21(19-18-15)7-6-20(4)16-9-13(2)8-14(3)10-16/h8-10,12,17H,5-7,11H2,1-4H3. The van der Waals surface area contributed by atoms with Crippen molar-refractivity contribution in [3.8, 4) is 0 Å². The Morgan fingerprint density at radius 1 is 1.19 bits per heavy atom. The minimum absolute atomic E-state index is 0.781. The second-order valence-corrected chi connectivity index (χ2v) is 5.52. The summed E-state index contributed by atoms with van der Waals surface area (Å²) in [5.74, 6) is 0. The molecule has 0 radical (unpaired) electrons. The fourth-order valence-corrected chi connectivity index (χ4v) is 2.33. The van der Waals surface area contributed by atoms with Crippen LogP contribution in [0.5, 0.6) is 0 Å². The summed E-state index contributed by atoms with van der Waals surface area (Å²) in [6.07, 6.45) is 2.01. The molecule has 0 spiro atoms. The Morgan fingerprint density at radius 3 is 2.57 bits per heavy atom. The highest BCUT2D eigenvalue weighted by Gasteiger charge is 2.04. The van der Waals surface area contributed by atoms with Crippen LogP contribution in [-0.2, 0) is 13.1 Å². The first kappa shape index (κ1) is 15.5. The van der Waals surface area contributed by atoms with E-state index in [0.717, 1.165) is 31.9 Å². The molecular formula is C16H25N5. The zero-order valence-corrected chi connectivity index (χ0v) is 13.4. The molecule has 2 rings (SSSR count). The van der Waals surface area contributed by atoms with E-state index < -0.39 is 0 Å². The van der Waals surface area contributed by atoms with E-state index in [1.807, 2.05) is 10.9 Å². The fraction of sp³-hybridized carbons (Fsp3) is 0.500. The monoisotopic (exact) mass is 287 g/mol. The van der Waals surface area contributed by atoms with Crippen molar-refractivity contribution >= 4 is 5.69 Å². The molecule has 5 heteroatoms. The topological polar surface area (TPSA) is 46.0 Å². The first-order valence-corrected chi connectivity index (χ1v) is 7.47. The van der Waals surface area contributed by atoms with E-state index in [9.17, 15) is 0 Å². The van der Waals surface area contributed by atoms with Gasteiger partial charge in [0.25, 0.3) is 0 Å². The average molecular weight is 287 g/mol. The largest absolute Gasteiger partial charge is 0.373 e. The van der Waals surface area contributed by atoms with Crippen LogP contribution in [0, 0.1) is 13.8 Å². The van der Waals surface area contributed by atoms with Crippen LogP contribution in [0.4, 0.5) is 5.69 Å². The molecule has 0 fully saturated rings. The maximum atomic E-state index is 4.17. The van der Waals surface area contributed by atoms with Gasteiger partial charge in [-0.25, -0.2) is 0 Å². The molecule has 0 aliphatic carbocycles. The first-order chi connectivity index (χ1) is 10.1. The third-order valence-corrected chi connectivity index (χ3v) is 3.45. The number of aromatic nitrogens is 3. The van der Waals surface area contributed by atoms with Crippen molar-refractivity contribution in [3.63, 3.8) is 0 Å². The van der Waals surface area contributed by atoms with Crippen molar-refractivity contribution < 1.29 is 0 Å². The number of anilines is 1. The van der Waals surface area contributed by atoms with Crippen molar-refractivity contribution in [3.05, 3.63) is 41.2 Å². The predicted molar refractivity (Wildman–Crippen MR) is 86.6 cm³/mol. The van der Waals surface area contributed by atoms with Crippen LogP contribution < -0.4 is 10.2 Å².